The largest absolute Gasteiger partial charge is 0.456 e. The van der Waals surface area contributed by atoms with Gasteiger partial charge in [0.1, 0.15) is 22.3 Å². The van der Waals surface area contributed by atoms with Crippen LogP contribution in [0.25, 0.3) is 65.4 Å². The maximum absolute atomic E-state index is 7.18. The predicted molar refractivity (Wildman–Crippen MR) is 328 cm³/mol. The summed E-state index contributed by atoms with van der Waals surface area (Å²) in [4.78, 5) is 4.76. The third kappa shape index (κ3) is 9.02. The van der Waals surface area contributed by atoms with Gasteiger partial charge in [-0.2, -0.15) is 0 Å². The average Bonchev–Trinajstić information content (AvgIpc) is 3.91. The van der Waals surface area contributed by atoms with Crippen LogP contribution in [0.1, 0.15) is 156 Å². The van der Waals surface area contributed by atoms with Crippen LogP contribution < -0.4 is 9.80 Å². The first-order chi connectivity index (χ1) is 35.8. The Morgan fingerprint density at radius 3 is 0.842 bits per heavy atom. The standard InChI is InChI=1S/C72H76N2O2/c1-43(2)63-65-59-39-45-17-27-57(73(53-29-19-49(20-30-53)69(5,6)7)54-31-21-50(22-32-54)70(8,9)10)37-47(45)41-61(59)75-67(65)64(44(3)4)68-66(63)60-40-46-18-28-58(38-48(46)42-62(60)76-68)74(55-33-23-51(24-34-55)71(11,12)13)56-35-25-52(26-36-56)72(14,15)16/h17-44H,1-16H3. The minimum atomic E-state index is 0.0576. The molecule has 4 heteroatoms. The summed E-state index contributed by atoms with van der Waals surface area (Å²) in [6.07, 6.45) is 0. The monoisotopic (exact) mass is 1000 g/mol. The van der Waals surface area contributed by atoms with Gasteiger partial charge in [-0.05, 0) is 180 Å². The topological polar surface area (TPSA) is 32.8 Å². The molecule has 0 fully saturated rings. The van der Waals surface area contributed by atoms with Crippen molar-refractivity contribution >= 4 is 99.5 Å². The van der Waals surface area contributed by atoms with Crippen molar-refractivity contribution in [2.45, 2.75) is 144 Å². The van der Waals surface area contributed by atoms with Crippen LogP contribution in [0.3, 0.4) is 0 Å². The summed E-state index contributed by atoms with van der Waals surface area (Å²) in [5, 5.41) is 9.27. The molecular weight excluding hydrogens is 925 g/mol. The fourth-order valence-corrected chi connectivity index (χ4v) is 11.5. The first-order valence-electron chi connectivity index (χ1n) is 27.6. The van der Waals surface area contributed by atoms with Crippen LogP contribution >= 0.6 is 0 Å². The molecule has 386 valence electrons. The third-order valence-corrected chi connectivity index (χ3v) is 15.9. The van der Waals surface area contributed by atoms with Gasteiger partial charge < -0.3 is 18.6 Å². The first-order valence-corrected chi connectivity index (χ1v) is 27.6. The van der Waals surface area contributed by atoms with Gasteiger partial charge in [0.05, 0.1) is 0 Å². The molecule has 76 heavy (non-hydrogen) atoms. The van der Waals surface area contributed by atoms with Crippen molar-refractivity contribution in [3.63, 3.8) is 0 Å². The molecule has 0 bridgehead atoms. The van der Waals surface area contributed by atoms with E-state index in [1.54, 1.807) is 0 Å². The number of nitrogens with zero attached hydrogens (tertiary/aromatic N) is 2. The average molecular weight is 1000 g/mol. The minimum absolute atomic E-state index is 0.0576. The molecule has 0 aliphatic rings. The van der Waals surface area contributed by atoms with Crippen molar-refractivity contribution in [1.29, 1.82) is 0 Å². The van der Waals surface area contributed by atoms with E-state index >= 15 is 0 Å². The molecule has 0 aliphatic carbocycles. The lowest BCUT2D eigenvalue weighted by Crippen LogP contribution is -2.14. The quantitative estimate of drug-likeness (QED) is 0.152. The second kappa shape index (κ2) is 18.2. The van der Waals surface area contributed by atoms with Crippen molar-refractivity contribution in [2.24, 2.45) is 0 Å². The van der Waals surface area contributed by atoms with Gasteiger partial charge in [0.2, 0.25) is 0 Å². The van der Waals surface area contributed by atoms with Crippen molar-refractivity contribution in [2.75, 3.05) is 9.80 Å². The lowest BCUT2D eigenvalue weighted by molar-refractivity contribution is 0.590. The number of hydrogen-bond acceptors (Lipinski definition) is 4. The summed E-state index contributed by atoms with van der Waals surface area (Å²) in [6, 6.07) is 59.3. The molecule has 11 aromatic rings. The summed E-state index contributed by atoms with van der Waals surface area (Å²) < 4.78 is 14.4. The van der Waals surface area contributed by atoms with E-state index in [-0.39, 0.29) is 33.5 Å². The molecule has 2 aromatic heterocycles. The van der Waals surface area contributed by atoms with E-state index in [1.165, 1.54) is 49.4 Å². The van der Waals surface area contributed by atoms with Gasteiger partial charge in [0.15, 0.2) is 0 Å². The minimum Gasteiger partial charge on any atom is -0.456 e. The number of fused-ring (bicyclic) bond motifs is 8. The Kier molecular flexibility index (Phi) is 12.2. The van der Waals surface area contributed by atoms with Gasteiger partial charge in [-0.3, -0.25) is 0 Å². The number of furan rings is 2. The van der Waals surface area contributed by atoms with Crippen LogP contribution in [-0.2, 0) is 21.7 Å². The Morgan fingerprint density at radius 1 is 0.303 bits per heavy atom. The second-order valence-electron chi connectivity index (χ2n) is 26.4. The van der Waals surface area contributed by atoms with E-state index in [0.29, 0.717) is 0 Å². The molecule has 0 radical (unpaired) electrons. The highest BCUT2D eigenvalue weighted by molar-refractivity contribution is 6.23. The van der Waals surface area contributed by atoms with E-state index < -0.39 is 0 Å². The molecule has 0 unspecified atom stereocenters. The van der Waals surface area contributed by atoms with Gasteiger partial charge >= 0.3 is 0 Å². The fraction of sp³-hybridized carbons (Fsp3) is 0.306. The zero-order valence-electron chi connectivity index (χ0n) is 47.9. The van der Waals surface area contributed by atoms with Crippen LogP contribution in [0.2, 0.25) is 0 Å². The lowest BCUT2D eigenvalue weighted by Gasteiger charge is -2.28. The molecule has 11 rings (SSSR count). The molecule has 0 aliphatic heterocycles. The van der Waals surface area contributed by atoms with Crippen molar-refractivity contribution < 1.29 is 8.83 Å². The number of anilines is 6. The highest BCUT2D eigenvalue weighted by Crippen LogP contribution is 2.50. The summed E-state index contributed by atoms with van der Waals surface area (Å²) in [5.41, 5.74) is 18.2. The molecule has 0 N–H and O–H groups in total. The smallest absolute Gasteiger partial charge is 0.142 e. The Bertz CT molecular complexity index is 3620. The highest BCUT2D eigenvalue weighted by Gasteiger charge is 2.29. The van der Waals surface area contributed by atoms with E-state index in [1.807, 2.05) is 0 Å². The zero-order chi connectivity index (χ0) is 54.0. The molecule has 9 aromatic carbocycles. The summed E-state index contributed by atoms with van der Waals surface area (Å²) in [7, 11) is 0. The summed E-state index contributed by atoms with van der Waals surface area (Å²) in [5.74, 6) is 0.329. The van der Waals surface area contributed by atoms with E-state index in [2.05, 4.69) is 278 Å². The van der Waals surface area contributed by atoms with Gasteiger partial charge in [-0.15, -0.1) is 0 Å². The van der Waals surface area contributed by atoms with Gasteiger partial charge in [0.25, 0.3) is 0 Å². The highest BCUT2D eigenvalue weighted by atomic mass is 16.3. The lowest BCUT2D eigenvalue weighted by atomic mass is 9.86. The Morgan fingerprint density at radius 2 is 0.579 bits per heavy atom. The molecule has 0 amide bonds. The van der Waals surface area contributed by atoms with Gasteiger partial charge in [-0.1, -0.05) is 171 Å². The molecule has 0 spiro atoms. The molecule has 4 nitrogen and oxygen atoms in total. The van der Waals surface area contributed by atoms with Crippen LogP contribution in [0, 0.1) is 0 Å². The Hall–Kier alpha value is -7.30. The van der Waals surface area contributed by atoms with Crippen LogP contribution in [0.5, 0.6) is 0 Å². The fourth-order valence-electron chi connectivity index (χ4n) is 11.5. The SMILES string of the molecule is CC(C)c1c2oc3cc4cc(N(c5ccc(C(C)(C)C)cc5)c5ccc(C(C)(C)C)cc5)ccc4cc3c2c(C(C)C)c2c1oc1cc3cc(N(c4ccc(C(C)(C)C)cc4)c4ccc(C(C)(C)C)cc4)ccc3cc12. The normalized spacial score (nSPS) is 13.0. The van der Waals surface area contributed by atoms with Crippen molar-refractivity contribution in [3.05, 3.63) is 191 Å². The molecular formula is C72H76N2O2. The van der Waals surface area contributed by atoms with Crippen molar-refractivity contribution in [3.8, 4) is 0 Å². The van der Waals surface area contributed by atoms with Gasteiger partial charge in [0, 0.05) is 61.2 Å². The molecule has 0 atom stereocenters. The first kappa shape index (κ1) is 50.8. The van der Waals surface area contributed by atoms with Crippen LogP contribution in [0.15, 0.2) is 167 Å². The van der Waals surface area contributed by atoms with E-state index in [0.717, 1.165) is 83.6 Å². The third-order valence-electron chi connectivity index (χ3n) is 15.9. The van der Waals surface area contributed by atoms with Crippen LogP contribution in [-0.4, -0.2) is 0 Å². The predicted octanol–water partition coefficient (Wildman–Crippen LogP) is 22.2. The maximum Gasteiger partial charge on any atom is 0.142 e. The van der Waals surface area contributed by atoms with Gasteiger partial charge in [-0.25, -0.2) is 0 Å². The molecule has 2 heterocycles. The molecule has 0 saturated heterocycles. The summed E-state index contributed by atoms with van der Waals surface area (Å²) in [6.45, 7) is 36.4. The number of benzene rings is 9. The molecule has 0 saturated carbocycles. The zero-order valence-corrected chi connectivity index (χ0v) is 47.9. The number of hydrogen-bond donors (Lipinski definition) is 0. The Balaban J connectivity index is 1.06. The maximum atomic E-state index is 7.18. The second-order valence-corrected chi connectivity index (χ2v) is 26.4. The number of rotatable bonds is 8. The summed E-state index contributed by atoms with van der Waals surface area (Å²) >= 11 is 0. The van der Waals surface area contributed by atoms with E-state index in [9.17, 15) is 0 Å². The Labute approximate surface area is 451 Å². The van der Waals surface area contributed by atoms with Crippen molar-refractivity contribution in [1.82, 2.24) is 0 Å². The van der Waals surface area contributed by atoms with Crippen LogP contribution in [0.4, 0.5) is 34.1 Å². The van der Waals surface area contributed by atoms with E-state index in [4.69, 9.17) is 8.83 Å².